The van der Waals surface area contributed by atoms with Crippen LogP contribution < -0.4 is 0 Å². The van der Waals surface area contributed by atoms with Crippen LogP contribution in [-0.4, -0.2) is 15.6 Å². The van der Waals surface area contributed by atoms with Crippen molar-refractivity contribution in [2.75, 3.05) is 0 Å². The molecule has 5 heteroatoms. The highest BCUT2D eigenvalue weighted by molar-refractivity contribution is 9.11. The van der Waals surface area contributed by atoms with E-state index in [1.165, 1.54) is 25.7 Å². The number of aromatic nitrogens is 2. The number of carbonyl (C=O) groups is 1. The Bertz CT molecular complexity index is 660. The number of ketones is 1. The third kappa shape index (κ3) is 3.46. The molecule has 0 radical (unpaired) electrons. The smallest absolute Gasteiger partial charge is 0.170 e. The van der Waals surface area contributed by atoms with Gasteiger partial charge in [0.05, 0.1) is 18.2 Å². The van der Waals surface area contributed by atoms with Crippen LogP contribution in [0.2, 0.25) is 0 Å². The van der Waals surface area contributed by atoms with Crippen LogP contribution in [0.1, 0.15) is 47.8 Å². The Kier molecular flexibility index (Phi) is 4.60. The maximum atomic E-state index is 12.4. The van der Waals surface area contributed by atoms with Crippen molar-refractivity contribution in [3.8, 4) is 0 Å². The lowest BCUT2D eigenvalue weighted by Gasteiger charge is -2.08. The highest BCUT2D eigenvalue weighted by Gasteiger charge is 2.19. The zero-order valence-electron chi connectivity index (χ0n) is 11.6. The molecular formula is C16H16Br2N2O. The number of rotatable bonds is 4. The van der Waals surface area contributed by atoms with Gasteiger partial charge in [0.2, 0.25) is 0 Å². The quantitative estimate of drug-likeness (QED) is 0.667. The Balaban J connectivity index is 1.74. The van der Waals surface area contributed by atoms with E-state index in [2.05, 4.69) is 37.0 Å². The molecule has 1 aliphatic rings. The largest absolute Gasteiger partial charge is 0.294 e. The van der Waals surface area contributed by atoms with Gasteiger partial charge in [-0.15, -0.1) is 0 Å². The number of benzene rings is 1. The van der Waals surface area contributed by atoms with E-state index in [0.717, 1.165) is 14.6 Å². The molecule has 0 amide bonds. The molecule has 0 N–H and O–H groups in total. The zero-order valence-corrected chi connectivity index (χ0v) is 14.7. The summed E-state index contributed by atoms with van der Waals surface area (Å²) in [7, 11) is 0. The second-order valence-corrected chi connectivity index (χ2v) is 7.22. The minimum Gasteiger partial charge on any atom is -0.294 e. The fourth-order valence-electron chi connectivity index (χ4n) is 2.81. The van der Waals surface area contributed by atoms with E-state index < -0.39 is 0 Å². The minimum absolute atomic E-state index is 0.0832. The van der Waals surface area contributed by atoms with Crippen molar-refractivity contribution >= 4 is 37.6 Å². The number of hydrogen-bond acceptors (Lipinski definition) is 2. The van der Waals surface area contributed by atoms with Crippen LogP contribution in [0.4, 0.5) is 0 Å². The molecule has 3 rings (SSSR count). The maximum Gasteiger partial charge on any atom is 0.170 e. The van der Waals surface area contributed by atoms with E-state index in [9.17, 15) is 4.79 Å². The summed E-state index contributed by atoms with van der Waals surface area (Å²) in [6.07, 6.45) is 7.31. The predicted molar refractivity (Wildman–Crippen MR) is 89.6 cm³/mol. The van der Waals surface area contributed by atoms with Gasteiger partial charge in [0.25, 0.3) is 0 Å². The van der Waals surface area contributed by atoms with Gasteiger partial charge >= 0.3 is 0 Å². The molecule has 0 spiro atoms. The van der Waals surface area contributed by atoms with Crippen LogP contribution in [0.5, 0.6) is 0 Å². The van der Waals surface area contributed by atoms with Crippen molar-refractivity contribution in [2.24, 2.45) is 0 Å². The van der Waals surface area contributed by atoms with Crippen molar-refractivity contribution in [2.45, 2.75) is 38.1 Å². The maximum absolute atomic E-state index is 12.4. The number of nitrogens with zero attached hydrogens (tertiary/aromatic N) is 2. The summed E-state index contributed by atoms with van der Waals surface area (Å²) in [5, 5.41) is 4.58. The number of hydrogen-bond donors (Lipinski definition) is 0. The molecule has 0 unspecified atom stereocenters. The summed E-state index contributed by atoms with van der Waals surface area (Å²) in [5.41, 5.74) is 1.54. The Labute approximate surface area is 141 Å². The molecule has 1 saturated carbocycles. The van der Waals surface area contributed by atoms with Crippen LogP contribution in [0, 0.1) is 0 Å². The molecule has 1 heterocycles. The molecule has 1 fully saturated rings. The second kappa shape index (κ2) is 6.44. The lowest BCUT2D eigenvalue weighted by atomic mass is 10.1. The molecule has 1 aromatic carbocycles. The van der Waals surface area contributed by atoms with Gasteiger partial charge in [-0.3, -0.25) is 9.48 Å². The van der Waals surface area contributed by atoms with Crippen molar-refractivity contribution < 1.29 is 4.79 Å². The third-order valence-corrected chi connectivity index (χ3v) is 5.12. The molecule has 1 aromatic heterocycles. The lowest BCUT2D eigenvalue weighted by Crippen LogP contribution is -2.08. The first kappa shape index (κ1) is 15.0. The van der Waals surface area contributed by atoms with E-state index in [1.807, 2.05) is 35.1 Å². The van der Waals surface area contributed by atoms with E-state index in [0.29, 0.717) is 18.0 Å². The van der Waals surface area contributed by atoms with Gasteiger partial charge < -0.3 is 0 Å². The third-order valence-electron chi connectivity index (χ3n) is 3.93. The number of Topliss-reactive ketones (excluding diaryl/α,β-unsaturated/α-hetero) is 1. The summed E-state index contributed by atoms with van der Waals surface area (Å²) in [5.74, 6) is 0.0832. The van der Waals surface area contributed by atoms with Gasteiger partial charge in [-0.1, -0.05) is 44.7 Å². The topological polar surface area (TPSA) is 34.9 Å². The van der Waals surface area contributed by atoms with E-state index >= 15 is 0 Å². The molecule has 110 valence electrons. The normalized spacial score (nSPS) is 15.5. The molecule has 0 bridgehead atoms. The first-order valence-electron chi connectivity index (χ1n) is 7.16. The van der Waals surface area contributed by atoms with Crippen molar-refractivity contribution in [3.05, 3.63) is 50.7 Å². The number of carbonyl (C=O) groups excluding carboxylic acids is 1. The van der Waals surface area contributed by atoms with Gasteiger partial charge in [-0.05, 0) is 37.1 Å². The summed E-state index contributed by atoms with van der Waals surface area (Å²) in [6, 6.07) is 8.12. The van der Waals surface area contributed by atoms with Crippen LogP contribution in [-0.2, 0) is 6.42 Å². The first-order valence-corrected chi connectivity index (χ1v) is 8.74. The minimum atomic E-state index is 0.0832. The fourth-order valence-corrected chi connectivity index (χ4v) is 3.64. The monoisotopic (exact) mass is 410 g/mol. The Morgan fingerprint density at radius 2 is 2.00 bits per heavy atom. The van der Waals surface area contributed by atoms with Gasteiger partial charge in [0.1, 0.15) is 0 Å². The van der Waals surface area contributed by atoms with Crippen molar-refractivity contribution in [1.29, 1.82) is 0 Å². The van der Waals surface area contributed by atoms with Crippen LogP contribution >= 0.6 is 31.9 Å². The van der Waals surface area contributed by atoms with Gasteiger partial charge in [-0.2, -0.15) is 5.10 Å². The predicted octanol–water partition coefficient (Wildman–Crippen LogP) is 4.95. The van der Waals surface area contributed by atoms with Crippen LogP contribution in [0.25, 0.3) is 0 Å². The molecule has 21 heavy (non-hydrogen) atoms. The van der Waals surface area contributed by atoms with Crippen molar-refractivity contribution in [1.82, 2.24) is 9.78 Å². The average molecular weight is 412 g/mol. The van der Waals surface area contributed by atoms with Gasteiger partial charge in [-0.25, -0.2) is 0 Å². The molecule has 0 atom stereocenters. The summed E-state index contributed by atoms with van der Waals surface area (Å²) in [4.78, 5) is 12.4. The van der Waals surface area contributed by atoms with E-state index in [1.54, 1.807) is 0 Å². The van der Waals surface area contributed by atoms with Gasteiger partial charge in [0, 0.05) is 20.7 Å². The highest BCUT2D eigenvalue weighted by Crippen LogP contribution is 2.29. The van der Waals surface area contributed by atoms with Crippen molar-refractivity contribution in [3.63, 3.8) is 0 Å². The first-order chi connectivity index (χ1) is 10.1. The molecule has 2 aromatic rings. The lowest BCUT2D eigenvalue weighted by molar-refractivity contribution is 0.0991. The van der Waals surface area contributed by atoms with E-state index in [4.69, 9.17) is 0 Å². The Hall–Kier alpha value is -0.940. The average Bonchev–Trinajstić information content (AvgIpc) is 3.11. The SMILES string of the molecule is O=C(Cc1ccn(C2CCCC2)n1)c1cc(Br)ccc1Br. The Morgan fingerprint density at radius 3 is 2.76 bits per heavy atom. The fraction of sp³-hybridized carbons (Fsp3) is 0.375. The summed E-state index contributed by atoms with van der Waals surface area (Å²) >= 11 is 6.84. The van der Waals surface area contributed by atoms with Crippen LogP contribution in [0.3, 0.4) is 0 Å². The van der Waals surface area contributed by atoms with Crippen LogP contribution in [0.15, 0.2) is 39.4 Å². The molecule has 3 nitrogen and oxygen atoms in total. The molecule has 1 aliphatic carbocycles. The molecule has 0 aliphatic heterocycles. The Morgan fingerprint density at radius 1 is 1.24 bits per heavy atom. The molecule has 0 saturated heterocycles. The molecular weight excluding hydrogens is 396 g/mol. The summed E-state index contributed by atoms with van der Waals surface area (Å²) < 4.78 is 3.77. The summed E-state index contributed by atoms with van der Waals surface area (Å²) in [6.45, 7) is 0. The number of halogens is 2. The van der Waals surface area contributed by atoms with E-state index in [-0.39, 0.29) is 5.78 Å². The van der Waals surface area contributed by atoms with Gasteiger partial charge in [0.15, 0.2) is 5.78 Å². The highest BCUT2D eigenvalue weighted by atomic mass is 79.9. The second-order valence-electron chi connectivity index (χ2n) is 5.45. The standard InChI is InChI=1S/C16H16Br2N2O/c17-11-5-6-15(18)14(9-11)16(21)10-12-7-8-20(19-12)13-3-1-2-4-13/h5-9,13H,1-4,10H2. The zero-order chi connectivity index (χ0) is 14.8.